The lowest BCUT2D eigenvalue weighted by molar-refractivity contribution is -0.114. The summed E-state index contributed by atoms with van der Waals surface area (Å²) < 4.78 is 0. The van der Waals surface area contributed by atoms with Gasteiger partial charge < -0.3 is 5.32 Å². The lowest BCUT2D eigenvalue weighted by atomic mass is 10.0. The quantitative estimate of drug-likeness (QED) is 0.847. The smallest absolute Gasteiger partial charge is 0.158 e. The number of Topliss-reactive ketones (excluding diaryl/α,β-unsaturated/α-hetero) is 1. The summed E-state index contributed by atoms with van der Waals surface area (Å²) in [5.41, 5.74) is 3.57. The molecule has 18 heavy (non-hydrogen) atoms. The van der Waals surface area contributed by atoms with Crippen LogP contribution in [-0.2, 0) is 4.79 Å². The number of carbonyl (C=O) groups excluding carboxylic acids is 1. The van der Waals surface area contributed by atoms with Gasteiger partial charge in [0.1, 0.15) is 0 Å². The van der Waals surface area contributed by atoms with Crippen molar-refractivity contribution in [3.8, 4) is 0 Å². The first-order chi connectivity index (χ1) is 8.65. The van der Waals surface area contributed by atoms with E-state index >= 15 is 0 Å². The summed E-state index contributed by atoms with van der Waals surface area (Å²) in [5, 5.41) is 4.25. The van der Waals surface area contributed by atoms with Gasteiger partial charge in [0.15, 0.2) is 5.78 Å². The zero-order valence-electron chi connectivity index (χ0n) is 10.4. The Bertz CT molecular complexity index is 535. The first kappa shape index (κ1) is 11.9. The molecule has 1 saturated heterocycles. The molecule has 1 aromatic carbocycles. The van der Waals surface area contributed by atoms with Crippen molar-refractivity contribution in [2.45, 2.75) is 38.3 Å². The van der Waals surface area contributed by atoms with Gasteiger partial charge in [-0.15, -0.1) is 0 Å². The summed E-state index contributed by atoms with van der Waals surface area (Å²) in [5.74, 6) is 0.324. The van der Waals surface area contributed by atoms with Crippen molar-refractivity contribution in [1.29, 1.82) is 0 Å². The minimum absolute atomic E-state index is 0.324. The predicted molar refractivity (Wildman–Crippen MR) is 72.7 cm³/mol. The first-order valence-corrected chi connectivity index (χ1v) is 6.76. The number of hydrogen-bond donors (Lipinski definition) is 1. The Hall–Kier alpha value is -1.12. The molecule has 2 unspecified atom stereocenters. The fraction of sp³-hybridized carbons (Fsp3) is 0.400. The molecule has 0 spiro atoms. The fourth-order valence-electron chi connectivity index (χ4n) is 2.74. The lowest BCUT2D eigenvalue weighted by Gasteiger charge is -2.02. The Kier molecular flexibility index (Phi) is 3.00. The number of hydrogen-bond acceptors (Lipinski definition) is 2. The molecule has 1 fully saturated rings. The van der Waals surface area contributed by atoms with E-state index in [4.69, 9.17) is 11.6 Å². The van der Waals surface area contributed by atoms with Crippen LogP contribution in [0.1, 0.15) is 37.8 Å². The van der Waals surface area contributed by atoms with Crippen molar-refractivity contribution in [2.75, 3.05) is 0 Å². The number of halogens is 1. The average molecular weight is 262 g/mol. The Balaban J connectivity index is 1.67. The maximum atomic E-state index is 11.5. The van der Waals surface area contributed by atoms with Crippen LogP contribution in [0.5, 0.6) is 0 Å². The zero-order valence-corrected chi connectivity index (χ0v) is 11.1. The van der Waals surface area contributed by atoms with E-state index in [1.165, 1.54) is 11.1 Å². The van der Waals surface area contributed by atoms with Gasteiger partial charge in [0.2, 0.25) is 0 Å². The minimum atomic E-state index is 0.324. The average Bonchev–Trinajstić information content (AvgIpc) is 3.05. The summed E-state index contributed by atoms with van der Waals surface area (Å²) in [7, 11) is 0. The summed E-state index contributed by atoms with van der Waals surface area (Å²) >= 11 is 6.00. The van der Waals surface area contributed by atoms with Gasteiger partial charge in [0, 0.05) is 23.5 Å². The van der Waals surface area contributed by atoms with Crippen LogP contribution in [-0.4, -0.2) is 11.8 Å². The molecule has 1 aliphatic carbocycles. The number of allylic oxidation sites excluding steroid dienone is 1. The van der Waals surface area contributed by atoms with Crippen LogP contribution in [0, 0.1) is 0 Å². The van der Waals surface area contributed by atoms with Crippen molar-refractivity contribution in [2.24, 2.45) is 0 Å². The Morgan fingerprint density at radius 1 is 1.39 bits per heavy atom. The third-order valence-electron chi connectivity index (χ3n) is 3.96. The highest BCUT2D eigenvalue weighted by molar-refractivity contribution is 6.30. The van der Waals surface area contributed by atoms with E-state index in [1.807, 2.05) is 25.1 Å². The standard InChI is InChI=1S/C15H16ClNO/c1-9-10(5-6-14(9)18)8-13-15(17-13)11-3-2-4-12(16)7-11/h2-4,7,13,15,17H,5-6,8H2,1H3. The molecular formula is C15H16ClNO. The fourth-order valence-corrected chi connectivity index (χ4v) is 2.94. The van der Waals surface area contributed by atoms with Gasteiger partial charge in [-0.3, -0.25) is 4.79 Å². The van der Waals surface area contributed by atoms with Gasteiger partial charge in [-0.2, -0.15) is 0 Å². The second-order valence-electron chi connectivity index (χ2n) is 5.16. The van der Waals surface area contributed by atoms with Gasteiger partial charge >= 0.3 is 0 Å². The SMILES string of the molecule is CC1=C(CC2NC2c2cccc(Cl)c2)CCC1=O. The van der Waals surface area contributed by atoms with Gasteiger partial charge in [-0.25, -0.2) is 0 Å². The van der Waals surface area contributed by atoms with Crippen LogP contribution < -0.4 is 5.32 Å². The van der Waals surface area contributed by atoms with Crippen molar-refractivity contribution < 1.29 is 4.79 Å². The van der Waals surface area contributed by atoms with E-state index in [-0.39, 0.29) is 0 Å². The molecule has 0 amide bonds. The highest BCUT2D eigenvalue weighted by atomic mass is 35.5. The van der Waals surface area contributed by atoms with Crippen LogP contribution in [0.4, 0.5) is 0 Å². The number of benzene rings is 1. The number of rotatable bonds is 3. The normalized spacial score (nSPS) is 26.9. The van der Waals surface area contributed by atoms with Crippen molar-refractivity contribution >= 4 is 17.4 Å². The molecule has 0 radical (unpaired) electrons. The number of carbonyl (C=O) groups is 1. The van der Waals surface area contributed by atoms with Crippen LogP contribution in [0.3, 0.4) is 0 Å². The molecule has 2 atom stereocenters. The van der Waals surface area contributed by atoms with E-state index in [0.29, 0.717) is 24.3 Å². The van der Waals surface area contributed by atoms with Crippen molar-refractivity contribution in [1.82, 2.24) is 5.32 Å². The van der Waals surface area contributed by atoms with E-state index < -0.39 is 0 Å². The maximum absolute atomic E-state index is 11.5. The van der Waals surface area contributed by atoms with Gasteiger partial charge in [0.05, 0.1) is 0 Å². The molecule has 94 valence electrons. The molecule has 3 rings (SSSR count). The largest absolute Gasteiger partial charge is 0.304 e. The number of ketones is 1. The van der Waals surface area contributed by atoms with Crippen LogP contribution in [0.15, 0.2) is 35.4 Å². The topological polar surface area (TPSA) is 39.0 Å². The molecule has 1 heterocycles. The van der Waals surface area contributed by atoms with Crippen LogP contribution in [0.2, 0.25) is 5.02 Å². The summed E-state index contributed by atoms with van der Waals surface area (Å²) in [4.78, 5) is 11.5. The summed E-state index contributed by atoms with van der Waals surface area (Å²) in [6, 6.07) is 8.87. The summed E-state index contributed by atoms with van der Waals surface area (Å²) in [6.45, 7) is 1.96. The van der Waals surface area contributed by atoms with Gasteiger partial charge in [-0.1, -0.05) is 29.3 Å². The molecule has 0 bridgehead atoms. The van der Waals surface area contributed by atoms with Crippen LogP contribution >= 0.6 is 11.6 Å². The highest BCUT2D eigenvalue weighted by Gasteiger charge is 2.38. The predicted octanol–water partition coefficient (Wildman–Crippen LogP) is 3.42. The molecule has 2 nitrogen and oxygen atoms in total. The molecule has 1 aliphatic heterocycles. The van der Waals surface area contributed by atoms with Crippen LogP contribution in [0.25, 0.3) is 0 Å². The third kappa shape index (κ3) is 2.23. The lowest BCUT2D eigenvalue weighted by Crippen LogP contribution is -1.95. The molecular weight excluding hydrogens is 246 g/mol. The molecule has 2 aliphatic rings. The molecule has 0 saturated carbocycles. The number of nitrogens with one attached hydrogen (secondary N) is 1. The zero-order chi connectivity index (χ0) is 12.7. The second kappa shape index (κ2) is 4.52. The van der Waals surface area contributed by atoms with E-state index in [9.17, 15) is 4.79 Å². The second-order valence-corrected chi connectivity index (χ2v) is 5.60. The molecule has 3 heteroatoms. The van der Waals surface area contributed by atoms with Crippen molar-refractivity contribution in [3.63, 3.8) is 0 Å². The molecule has 0 aromatic heterocycles. The Labute approximate surface area is 112 Å². The first-order valence-electron chi connectivity index (χ1n) is 6.38. The Morgan fingerprint density at radius 3 is 2.89 bits per heavy atom. The minimum Gasteiger partial charge on any atom is -0.304 e. The van der Waals surface area contributed by atoms with E-state index in [2.05, 4.69) is 11.4 Å². The maximum Gasteiger partial charge on any atom is 0.158 e. The highest BCUT2D eigenvalue weighted by Crippen LogP contribution is 2.38. The molecule has 1 aromatic rings. The van der Waals surface area contributed by atoms with Gasteiger partial charge in [-0.05, 0) is 43.0 Å². The van der Waals surface area contributed by atoms with E-state index in [0.717, 1.165) is 23.4 Å². The molecule has 1 N–H and O–H groups in total. The van der Waals surface area contributed by atoms with E-state index in [1.54, 1.807) is 0 Å². The monoisotopic (exact) mass is 261 g/mol. The Morgan fingerprint density at radius 2 is 2.22 bits per heavy atom. The van der Waals surface area contributed by atoms with Gasteiger partial charge in [0.25, 0.3) is 0 Å². The third-order valence-corrected chi connectivity index (χ3v) is 4.20. The van der Waals surface area contributed by atoms with Crippen molar-refractivity contribution in [3.05, 3.63) is 46.0 Å². The summed E-state index contributed by atoms with van der Waals surface area (Å²) in [6.07, 6.45) is 2.65.